The zero-order valence-corrected chi connectivity index (χ0v) is 6.68. The number of hydrogen-bond acceptors (Lipinski definition) is 4. The van der Waals surface area contributed by atoms with Crippen molar-refractivity contribution >= 4 is 17.6 Å². The van der Waals surface area contributed by atoms with Crippen molar-refractivity contribution < 1.29 is 9.53 Å². The van der Waals surface area contributed by atoms with Crippen molar-refractivity contribution in [3.63, 3.8) is 0 Å². The van der Waals surface area contributed by atoms with Crippen molar-refractivity contribution in [3.8, 4) is 6.07 Å². The second-order valence-corrected chi connectivity index (χ2v) is 1.96. The quantitative estimate of drug-likeness (QED) is 0.286. The molecule has 0 atom stereocenters. The molecule has 0 saturated carbocycles. The molecular formula is C6H7ClN2O2. The molecule has 0 bridgehead atoms. The maximum Gasteiger partial charge on any atom is 0.351 e. The molecule has 0 saturated heterocycles. The summed E-state index contributed by atoms with van der Waals surface area (Å²) >= 11 is 5.21. The Labute approximate surface area is 69.2 Å². The maximum atomic E-state index is 10.7. The van der Waals surface area contributed by atoms with E-state index in [1.165, 1.54) is 6.07 Å². The summed E-state index contributed by atoms with van der Waals surface area (Å²) < 4.78 is 4.47. The van der Waals surface area contributed by atoms with E-state index in [0.29, 0.717) is 0 Å². The SMILES string of the molecule is CCOC(=O)C(C#N)=C(N)Cl. The van der Waals surface area contributed by atoms with Crippen LogP contribution < -0.4 is 5.73 Å². The molecule has 0 heterocycles. The Morgan fingerprint density at radius 1 is 1.82 bits per heavy atom. The highest BCUT2D eigenvalue weighted by atomic mass is 35.5. The number of carbonyl (C=O) groups excluding carboxylic acids is 1. The van der Waals surface area contributed by atoms with Crippen LogP contribution in [0.2, 0.25) is 0 Å². The van der Waals surface area contributed by atoms with E-state index in [0.717, 1.165) is 0 Å². The number of rotatable bonds is 2. The Hall–Kier alpha value is -1.21. The van der Waals surface area contributed by atoms with Crippen molar-refractivity contribution in [2.24, 2.45) is 5.73 Å². The van der Waals surface area contributed by atoms with Crippen LogP contribution >= 0.6 is 11.6 Å². The van der Waals surface area contributed by atoms with Crippen molar-refractivity contribution in [3.05, 3.63) is 10.7 Å². The number of hydrogen-bond donors (Lipinski definition) is 1. The predicted molar refractivity (Wildman–Crippen MR) is 39.3 cm³/mol. The summed E-state index contributed by atoms with van der Waals surface area (Å²) in [4.78, 5) is 10.7. The summed E-state index contributed by atoms with van der Waals surface area (Å²) in [6.45, 7) is 1.81. The number of nitrogens with zero attached hydrogens (tertiary/aromatic N) is 1. The monoisotopic (exact) mass is 174 g/mol. The first-order valence-corrected chi connectivity index (χ1v) is 3.23. The second kappa shape index (κ2) is 4.58. The highest BCUT2D eigenvalue weighted by molar-refractivity contribution is 6.31. The van der Waals surface area contributed by atoms with E-state index < -0.39 is 5.97 Å². The van der Waals surface area contributed by atoms with Crippen LogP contribution in [0.1, 0.15) is 6.92 Å². The first-order chi connectivity index (χ1) is 5.13. The van der Waals surface area contributed by atoms with Crippen molar-refractivity contribution in [1.82, 2.24) is 0 Å². The van der Waals surface area contributed by atoms with Crippen LogP contribution in [0.4, 0.5) is 0 Å². The van der Waals surface area contributed by atoms with Gasteiger partial charge >= 0.3 is 5.97 Å². The molecule has 4 nitrogen and oxygen atoms in total. The van der Waals surface area contributed by atoms with Crippen LogP contribution in [0, 0.1) is 11.3 Å². The summed E-state index contributed by atoms with van der Waals surface area (Å²) in [7, 11) is 0. The lowest BCUT2D eigenvalue weighted by molar-refractivity contribution is -0.138. The summed E-state index contributed by atoms with van der Waals surface area (Å²) in [6.07, 6.45) is 0. The highest BCUT2D eigenvalue weighted by Gasteiger charge is 2.12. The predicted octanol–water partition coefficient (Wildman–Crippen LogP) is 0.482. The Morgan fingerprint density at radius 3 is 2.64 bits per heavy atom. The van der Waals surface area contributed by atoms with Gasteiger partial charge in [0.15, 0.2) is 5.57 Å². The zero-order valence-electron chi connectivity index (χ0n) is 5.93. The molecule has 0 spiro atoms. The molecule has 0 aromatic carbocycles. The van der Waals surface area contributed by atoms with E-state index in [4.69, 9.17) is 22.6 Å². The smallest absolute Gasteiger partial charge is 0.351 e. The summed E-state index contributed by atoms with van der Waals surface area (Å²) in [6, 6.07) is 1.53. The third-order valence-corrected chi connectivity index (χ3v) is 1.02. The van der Waals surface area contributed by atoms with Gasteiger partial charge in [-0.25, -0.2) is 4.79 Å². The van der Waals surface area contributed by atoms with Crippen LogP contribution in [0.15, 0.2) is 10.7 Å². The Balaban J connectivity index is 4.45. The van der Waals surface area contributed by atoms with Crippen molar-refractivity contribution in [1.29, 1.82) is 5.26 Å². The Morgan fingerprint density at radius 2 is 2.36 bits per heavy atom. The maximum absolute atomic E-state index is 10.7. The number of halogens is 1. The summed E-state index contributed by atoms with van der Waals surface area (Å²) in [5.74, 6) is -0.789. The van der Waals surface area contributed by atoms with E-state index in [2.05, 4.69) is 4.74 Å². The van der Waals surface area contributed by atoms with Gasteiger partial charge < -0.3 is 10.5 Å². The molecule has 0 aromatic rings. The van der Waals surface area contributed by atoms with Gasteiger partial charge in [0.05, 0.1) is 6.61 Å². The molecular weight excluding hydrogens is 168 g/mol. The molecule has 0 rings (SSSR count). The molecule has 0 amide bonds. The van der Waals surface area contributed by atoms with Gasteiger partial charge in [0.2, 0.25) is 0 Å². The fourth-order valence-electron chi connectivity index (χ4n) is 0.400. The molecule has 0 unspecified atom stereocenters. The van der Waals surface area contributed by atoms with E-state index >= 15 is 0 Å². The van der Waals surface area contributed by atoms with Crippen LogP contribution in [0.3, 0.4) is 0 Å². The largest absolute Gasteiger partial charge is 0.462 e. The first-order valence-electron chi connectivity index (χ1n) is 2.86. The molecule has 0 radical (unpaired) electrons. The zero-order chi connectivity index (χ0) is 8.85. The first kappa shape index (κ1) is 9.79. The van der Waals surface area contributed by atoms with Gasteiger partial charge in [0, 0.05) is 0 Å². The number of esters is 1. The minimum Gasteiger partial charge on any atom is -0.462 e. The summed E-state index contributed by atoms with van der Waals surface area (Å²) in [5, 5.41) is 7.98. The van der Waals surface area contributed by atoms with Gasteiger partial charge in [0.1, 0.15) is 11.2 Å². The Kier molecular flexibility index (Phi) is 4.08. The van der Waals surface area contributed by atoms with E-state index in [1.807, 2.05) is 0 Å². The van der Waals surface area contributed by atoms with Crippen LogP contribution in [0.25, 0.3) is 0 Å². The van der Waals surface area contributed by atoms with E-state index in [1.54, 1.807) is 6.92 Å². The Bertz CT molecular complexity index is 225. The number of carbonyl (C=O) groups is 1. The topological polar surface area (TPSA) is 76.1 Å². The number of nitrogens with two attached hydrogens (primary N) is 1. The molecule has 0 aliphatic heterocycles. The summed E-state index contributed by atoms with van der Waals surface area (Å²) in [5.41, 5.74) is 4.65. The van der Waals surface area contributed by atoms with Crippen LogP contribution in [-0.4, -0.2) is 12.6 Å². The normalized spacial score (nSPS) is 11.4. The minimum atomic E-state index is -0.789. The molecule has 5 heteroatoms. The van der Waals surface area contributed by atoms with Crippen LogP contribution in [-0.2, 0) is 9.53 Å². The number of ether oxygens (including phenoxy) is 1. The molecule has 60 valence electrons. The third kappa shape index (κ3) is 2.92. The fourth-order valence-corrected chi connectivity index (χ4v) is 0.519. The molecule has 0 aliphatic carbocycles. The van der Waals surface area contributed by atoms with E-state index in [-0.39, 0.29) is 17.3 Å². The lowest BCUT2D eigenvalue weighted by Gasteiger charge is -1.98. The van der Waals surface area contributed by atoms with Gasteiger partial charge in [-0.1, -0.05) is 11.6 Å². The van der Waals surface area contributed by atoms with Crippen LogP contribution in [0.5, 0.6) is 0 Å². The van der Waals surface area contributed by atoms with Crippen molar-refractivity contribution in [2.75, 3.05) is 6.61 Å². The van der Waals surface area contributed by atoms with Gasteiger partial charge in [-0.3, -0.25) is 0 Å². The highest BCUT2D eigenvalue weighted by Crippen LogP contribution is 2.03. The fraction of sp³-hybridized carbons (Fsp3) is 0.333. The minimum absolute atomic E-state index is 0.189. The van der Waals surface area contributed by atoms with Gasteiger partial charge in [0.25, 0.3) is 0 Å². The van der Waals surface area contributed by atoms with Gasteiger partial charge in [-0.15, -0.1) is 0 Å². The second-order valence-electron chi connectivity index (χ2n) is 1.56. The molecule has 2 N–H and O–H groups in total. The third-order valence-electron chi connectivity index (χ3n) is 0.830. The molecule has 0 aromatic heterocycles. The van der Waals surface area contributed by atoms with Crippen molar-refractivity contribution in [2.45, 2.75) is 6.92 Å². The standard InChI is InChI=1S/C6H7ClN2O2/c1-2-11-6(10)4(3-8)5(7)9/h2,9H2,1H3. The average molecular weight is 175 g/mol. The lowest BCUT2D eigenvalue weighted by Crippen LogP contribution is -2.10. The van der Waals surface area contributed by atoms with Gasteiger partial charge in [-0.2, -0.15) is 5.26 Å². The average Bonchev–Trinajstić information content (AvgIpc) is 1.88. The molecule has 0 fully saturated rings. The number of nitriles is 1. The molecule has 11 heavy (non-hydrogen) atoms. The lowest BCUT2D eigenvalue weighted by atomic mass is 10.3. The van der Waals surface area contributed by atoms with E-state index in [9.17, 15) is 4.79 Å². The molecule has 0 aliphatic rings. The van der Waals surface area contributed by atoms with Gasteiger partial charge in [-0.05, 0) is 6.92 Å².